The average molecular weight is 259 g/mol. The second-order valence-corrected chi connectivity index (χ2v) is 5.12. The molecule has 0 amide bonds. The van der Waals surface area contributed by atoms with E-state index in [1.54, 1.807) is 0 Å². The van der Waals surface area contributed by atoms with Crippen molar-refractivity contribution in [2.45, 2.75) is 38.6 Å². The second-order valence-electron chi connectivity index (χ2n) is 5.12. The fourth-order valence-electron chi connectivity index (χ4n) is 2.76. The van der Waals surface area contributed by atoms with Crippen molar-refractivity contribution in [3.63, 3.8) is 0 Å². The van der Waals surface area contributed by atoms with Crippen molar-refractivity contribution >= 4 is 5.65 Å². The standard InChI is InChI=1S/C15H21N3O/c1-2-19-14-7-5-9-18-11-13(17-15(14)18)10-12-6-3-4-8-16-12/h5,7,9,11-12,16H,2-4,6,8,10H2,1H3/t12-/m0/s1. The predicted molar refractivity (Wildman–Crippen MR) is 75.7 cm³/mol. The first-order chi connectivity index (χ1) is 9.36. The first kappa shape index (κ1) is 12.5. The van der Waals surface area contributed by atoms with Gasteiger partial charge in [-0.3, -0.25) is 0 Å². The smallest absolute Gasteiger partial charge is 0.179 e. The van der Waals surface area contributed by atoms with Crippen LogP contribution in [0.3, 0.4) is 0 Å². The number of fused-ring (bicyclic) bond motifs is 1. The summed E-state index contributed by atoms with van der Waals surface area (Å²) in [5, 5.41) is 3.57. The molecule has 3 rings (SSSR count). The molecular formula is C15H21N3O. The van der Waals surface area contributed by atoms with Gasteiger partial charge in [0.1, 0.15) is 0 Å². The lowest BCUT2D eigenvalue weighted by atomic mass is 10.0. The van der Waals surface area contributed by atoms with Crippen LogP contribution < -0.4 is 10.1 Å². The topological polar surface area (TPSA) is 38.6 Å². The summed E-state index contributed by atoms with van der Waals surface area (Å²) in [4.78, 5) is 4.72. The quantitative estimate of drug-likeness (QED) is 0.916. The van der Waals surface area contributed by atoms with Gasteiger partial charge in [0, 0.05) is 24.9 Å². The van der Waals surface area contributed by atoms with Gasteiger partial charge < -0.3 is 14.5 Å². The van der Waals surface area contributed by atoms with Crippen LogP contribution >= 0.6 is 0 Å². The van der Waals surface area contributed by atoms with E-state index in [1.807, 2.05) is 25.3 Å². The van der Waals surface area contributed by atoms with Crippen molar-refractivity contribution in [2.24, 2.45) is 0 Å². The Hall–Kier alpha value is -1.55. The molecule has 0 aliphatic carbocycles. The Morgan fingerprint density at radius 2 is 2.42 bits per heavy atom. The summed E-state index contributed by atoms with van der Waals surface area (Å²) >= 11 is 0. The zero-order chi connectivity index (χ0) is 13.1. The zero-order valence-corrected chi connectivity index (χ0v) is 11.4. The minimum absolute atomic E-state index is 0.578. The minimum Gasteiger partial charge on any atom is -0.490 e. The summed E-state index contributed by atoms with van der Waals surface area (Å²) in [6, 6.07) is 4.56. The number of nitrogens with zero attached hydrogens (tertiary/aromatic N) is 2. The lowest BCUT2D eigenvalue weighted by Gasteiger charge is -2.22. The Morgan fingerprint density at radius 3 is 3.21 bits per heavy atom. The predicted octanol–water partition coefficient (Wildman–Crippen LogP) is 2.42. The van der Waals surface area contributed by atoms with Crippen LogP contribution in [0.5, 0.6) is 5.75 Å². The summed E-state index contributed by atoms with van der Waals surface area (Å²) in [6.45, 7) is 3.81. The van der Waals surface area contributed by atoms with Gasteiger partial charge in [-0.15, -0.1) is 0 Å². The number of ether oxygens (including phenoxy) is 1. The van der Waals surface area contributed by atoms with Gasteiger partial charge >= 0.3 is 0 Å². The molecule has 0 saturated carbocycles. The molecule has 1 saturated heterocycles. The Labute approximate surface area is 113 Å². The van der Waals surface area contributed by atoms with Gasteiger partial charge in [0.05, 0.1) is 12.3 Å². The van der Waals surface area contributed by atoms with Crippen LogP contribution in [0.15, 0.2) is 24.5 Å². The fourth-order valence-corrected chi connectivity index (χ4v) is 2.76. The van der Waals surface area contributed by atoms with E-state index in [4.69, 9.17) is 9.72 Å². The third kappa shape index (κ3) is 2.73. The molecule has 2 aromatic rings. The highest BCUT2D eigenvalue weighted by Gasteiger charge is 2.15. The molecule has 4 nitrogen and oxygen atoms in total. The molecule has 0 unspecified atom stereocenters. The third-order valence-electron chi connectivity index (χ3n) is 3.66. The van der Waals surface area contributed by atoms with Crippen LogP contribution in [0.1, 0.15) is 31.9 Å². The first-order valence-electron chi connectivity index (χ1n) is 7.19. The Balaban J connectivity index is 1.82. The maximum absolute atomic E-state index is 5.62. The number of hydrogen-bond acceptors (Lipinski definition) is 3. The van der Waals surface area contributed by atoms with Crippen LogP contribution in [0.4, 0.5) is 0 Å². The summed E-state index contributed by atoms with van der Waals surface area (Å²) in [5.41, 5.74) is 2.07. The van der Waals surface area contributed by atoms with Crippen LogP contribution in [-0.4, -0.2) is 28.6 Å². The van der Waals surface area contributed by atoms with Crippen LogP contribution in [0.2, 0.25) is 0 Å². The number of rotatable bonds is 4. The highest BCUT2D eigenvalue weighted by molar-refractivity contribution is 5.54. The van der Waals surface area contributed by atoms with E-state index in [9.17, 15) is 0 Å². The highest BCUT2D eigenvalue weighted by atomic mass is 16.5. The van der Waals surface area contributed by atoms with Crippen molar-refractivity contribution < 1.29 is 4.74 Å². The van der Waals surface area contributed by atoms with Crippen molar-refractivity contribution in [1.82, 2.24) is 14.7 Å². The number of nitrogens with one attached hydrogen (secondary N) is 1. The van der Waals surface area contributed by atoms with Gasteiger partial charge in [0.25, 0.3) is 0 Å². The van der Waals surface area contributed by atoms with E-state index >= 15 is 0 Å². The maximum atomic E-state index is 5.62. The van der Waals surface area contributed by atoms with Crippen molar-refractivity contribution in [3.05, 3.63) is 30.2 Å². The van der Waals surface area contributed by atoms with Crippen LogP contribution in [-0.2, 0) is 6.42 Å². The van der Waals surface area contributed by atoms with Gasteiger partial charge in [-0.2, -0.15) is 0 Å². The molecule has 0 bridgehead atoms. The first-order valence-corrected chi connectivity index (χ1v) is 7.19. The number of imidazole rings is 1. The molecular weight excluding hydrogens is 238 g/mol. The van der Waals surface area contributed by atoms with E-state index in [-0.39, 0.29) is 0 Å². The molecule has 0 spiro atoms. The van der Waals surface area contributed by atoms with Gasteiger partial charge in [-0.1, -0.05) is 6.42 Å². The SMILES string of the molecule is CCOc1cccn2cc(C[C@@H]3CCCCN3)nc12. The molecule has 19 heavy (non-hydrogen) atoms. The normalized spacial score (nSPS) is 19.7. The zero-order valence-electron chi connectivity index (χ0n) is 11.4. The molecule has 2 aromatic heterocycles. The Bertz CT molecular complexity index is 543. The highest BCUT2D eigenvalue weighted by Crippen LogP contribution is 2.20. The van der Waals surface area contributed by atoms with E-state index < -0.39 is 0 Å². The van der Waals surface area contributed by atoms with Crippen molar-refractivity contribution in [3.8, 4) is 5.75 Å². The summed E-state index contributed by atoms with van der Waals surface area (Å²) in [7, 11) is 0. The van der Waals surface area contributed by atoms with Crippen LogP contribution in [0, 0.1) is 0 Å². The molecule has 3 heterocycles. The number of aromatic nitrogens is 2. The van der Waals surface area contributed by atoms with Gasteiger partial charge in [-0.05, 0) is 38.4 Å². The lowest BCUT2D eigenvalue weighted by Crippen LogP contribution is -2.35. The summed E-state index contributed by atoms with van der Waals surface area (Å²) < 4.78 is 7.68. The molecule has 1 atom stereocenters. The molecule has 102 valence electrons. The maximum Gasteiger partial charge on any atom is 0.179 e. The summed E-state index contributed by atoms with van der Waals surface area (Å²) in [6.07, 6.45) is 9.04. The number of pyridine rings is 1. The Kier molecular flexibility index (Phi) is 3.69. The minimum atomic E-state index is 0.578. The van der Waals surface area contributed by atoms with Gasteiger partial charge in [0.15, 0.2) is 11.4 Å². The van der Waals surface area contributed by atoms with Crippen molar-refractivity contribution in [2.75, 3.05) is 13.2 Å². The lowest BCUT2D eigenvalue weighted by molar-refractivity contribution is 0.342. The fraction of sp³-hybridized carbons (Fsp3) is 0.533. The van der Waals surface area contributed by atoms with Gasteiger partial charge in [-0.25, -0.2) is 4.98 Å². The average Bonchev–Trinajstić information content (AvgIpc) is 2.84. The van der Waals surface area contributed by atoms with Crippen LogP contribution in [0.25, 0.3) is 5.65 Å². The molecule has 1 aliphatic rings. The molecule has 1 fully saturated rings. The summed E-state index contributed by atoms with van der Waals surface area (Å²) in [5.74, 6) is 0.868. The number of piperidine rings is 1. The monoisotopic (exact) mass is 259 g/mol. The molecule has 0 radical (unpaired) electrons. The number of hydrogen-bond donors (Lipinski definition) is 1. The molecule has 1 N–H and O–H groups in total. The van der Waals surface area contributed by atoms with E-state index in [0.29, 0.717) is 12.6 Å². The molecule has 4 heteroatoms. The van der Waals surface area contributed by atoms with E-state index in [0.717, 1.165) is 30.1 Å². The van der Waals surface area contributed by atoms with Crippen molar-refractivity contribution in [1.29, 1.82) is 0 Å². The van der Waals surface area contributed by atoms with Gasteiger partial charge in [0.2, 0.25) is 0 Å². The third-order valence-corrected chi connectivity index (χ3v) is 3.66. The molecule has 1 aliphatic heterocycles. The molecule has 0 aromatic carbocycles. The van der Waals surface area contributed by atoms with E-state index in [2.05, 4.69) is 15.9 Å². The Morgan fingerprint density at radius 1 is 1.47 bits per heavy atom. The van der Waals surface area contributed by atoms with E-state index in [1.165, 1.54) is 19.3 Å². The largest absolute Gasteiger partial charge is 0.490 e. The second kappa shape index (κ2) is 5.61.